The predicted molar refractivity (Wildman–Crippen MR) is 81.7 cm³/mol. The standard InChI is InChI=1S/C16H14N4/c17-14-6-4-11(5-7-14)16-19-9-13(10-20-16)12-2-1-3-15(18)8-12/h1-10H,17-18H2. The van der Waals surface area contributed by atoms with E-state index in [4.69, 9.17) is 11.5 Å². The van der Waals surface area contributed by atoms with Gasteiger partial charge in [0.05, 0.1) is 0 Å². The first-order valence-electron chi connectivity index (χ1n) is 6.26. The highest BCUT2D eigenvalue weighted by molar-refractivity contribution is 5.67. The number of nitrogens with two attached hydrogens (primary N) is 2. The Labute approximate surface area is 117 Å². The lowest BCUT2D eigenvalue weighted by Gasteiger charge is -2.04. The van der Waals surface area contributed by atoms with Gasteiger partial charge >= 0.3 is 0 Å². The molecule has 4 N–H and O–H groups in total. The average Bonchev–Trinajstić information content (AvgIpc) is 2.48. The van der Waals surface area contributed by atoms with E-state index in [0.29, 0.717) is 5.82 Å². The molecular weight excluding hydrogens is 248 g/mol. The van der Waals surface area contributed by atoms with Gasteiger partial charge in [-0.15, -0.1) is 0 Å². The molecule has 0 radical (unpaired) electrons. The van der Waals surface area contributed by atoms with E-state index in [9.17, 15) is 0 Å². The van der Waals surface area contributed by atoms with Crippen molar-refractivity contribution in [2.45, 2.75) is 0 Å². The highest BCUT2D eigenvalue weighted by Gasteiger charge is 2.03. The molecule has 0 spiro atoms. The summed E-state index contributed by atoms with van der Waals surface area (Å²) in [6, 6.07) is 15.1. The fourth-order valence-corrected chi connectivity index (χ4v) is 1.98. The fourth-order valence-electron chi connectivity index (χ4n) is 1.98. The molecule has 0 amide bonds. The Morgan fingerprint density at radius 1 is 0.650 bits per heavy atom. The maximum atomic E-state index is 5.78. The van der Waals surface area contributed by atoms with Crippen LogP contribution in [0.25, 0.3) is 22.5 Å². The van der Waals surface area contributed by atoms with Crippen molar-refractivity contribution in [3.8, 4) is 22.5 Å². The second kappa shape index (κ2) is 5.01. The van der Waals surface area contributed by atoms with Gasteiger partial charge in [-0.2, -0.15) is 0 Å². The SMILES string of the molecule is Nc1ccc(-c2ncc(-c3cccc(N)c3)cn2)cc1. The normalized spacial score (nSPS) is 10.4. The van der Waals surface area contributed by atoms with Crippen molar-refractivity contribution >= 4 is 11.4 Å². The van der Waals surface area contributed by atoms with E-state index in [2.05, 4.69) is 9.97 Å². The lowest BCUT2D eigenvalue weighted by Crippen LogP contribution is -1.91. The summed E-state index contributed by atoms with van der Waals surface area (Å²) in [5, 5.41) is 0. The van der Waals surface area contributed by atoms with E-state index in [-0.39, 0.29) is 0 Å². The van der Waals surface area contributed by atoms with Crippen molar-refractivity contribution in [2.24, 2.45) is 0 Å². The predicted octanol–water partition coefficient (Wildman–Crippen LogP) is 2.98. The Balaban J connectivity index is 1.93. The van der Waals surface area contributed by atoms with Crippen LogP contribution in [-0.4, -0.2) is 9.97 Å². The molecule has 2 aromatic carbocycles. The first kappa shape index (κ1) is 12.2. The van der Waals surface area contributed by atoms with E-state index in [1.54, 1.807) is 12.4 Å². The van der Waals surface area contributed by atoms with Crippen LogP contribution in [0.1, 0.15) is 0 Å². The molecule has 1 aromatic heterocycles. The molecule has 1 heterocycles. The molecule has 4 nitrogen and oxygen atoms in total. The third kappa shape index (κ3) is 2.44. The van der Waals surface area contributed by atoms with Crippen molar-refractivity contribution in [1.82, 2.24) is 9.97 Å². The van der Waals surface area contributed by atoms with Gasteiger partial charge in [-0.05, 0) is 42.0 Å². The lowest BCUT2D eigenvalue weighted by atomic mass is 10.1. The summed E-state index contributed by atoms with van der Waals surface area (Å²) in [4.78, 5) is 8.78. The fraction of sp³-hybridized carbons (Fsp3) is 0. The van der Waals surface area contributed by atoms with Crippen molar-refractivity contribution in [1.29, 1.82) is 0 Å². The smallest absolute Gasteiger partial charge is 0.159 e. The summed E-state index contributed by atoms with van der Waals surface area (Å²) < 4.78 is 0. The van der Waals surface area contributed by atoms with Gasteiger partial charge in [0.1, 0.15) is 0 Å². The third-order valence-electron chi connectivity index (χ3n) is 3.04. The topological polar surface area (TPSA) is 77.8 Å². The molecule has 0 saturated carbocycles. The summed E-state index contributed by atoms with van der Waals surface area (Å²) in [7, 11) is 0. The Kier molecular flexibility index (Phi) is 3.05. The van der Waals surface area contributed by atoms with Crippen LogP contribution in [0.5, 0.6) is 0 Å². The van der Waals surface area contributed by atoms with Crippen molar-refractivity contribution in [2.75, 3.05) is 11.5 Å². The van der Waals surface area contributed by atoms with Gasteiger partial charge in [-0.1, -0.05) is 12.1 Å². The van der Waals surface area contributed by atoms with Gasteiger partial charge < -0.3 is 11.5 Å². The van der Waals surface area contributed by atoms with Gasteiger partial charge in [-0.3, -0.25) is 0 Å². The van der Waals surface area contributed by atoms with Gasteiger partial charge in [0.2, 0.25) is 0 Å². The number of nitrogen functional groups attached to an aromatic ring is 2. The molecule has 0 aliphatic carbocycles. The van der Waals surface area contributed by atoms with E-state index in [1.165, 1.54) is 0 Å². The number of aromatic nitrogens is 2. The second-order valence-corrected chi connectivity index (χ2v) is 4.54. The molecule has 0 bridgehead atoms. The molecule has 0 aliphatic heterocycles. The maximum Gasteiger partial charge on any atom is 0.159 e. The van der Waals surface area contributed by atoms with Crippen LogP contribution < -0.4 is 11.5 Å². The zero-order chi connectivity index (χ0) is 13.9. The van der Waals surface area contributed by atoms with Crippen LogP contribution in [0.15, 0.2) is 60.9 Å². The van der Waals surface area contributed by atoms with Gasteiger partial charge in [0.15, 0.2) is 5.82 Å². The summed E-state index contributed by atoms with van der Waals surface area (Å²) in [6.07, 6.45) is 3.60. The van der Waals surface area contributed by atoms with Crippen LogP contribution in [0.3, 0.4) is 0 Å². The van der Waals surface area contributed by atoms with Gasteiger partial charge in [0, 0.05) is 34.9 Å². The van der Waals surface area contributed by atoms with Crippen LogP contribution in [-0.2, 0) is 0 Å². The molecule has 0 aliphatic rings. The summed E-state index contributed by atoms with van der Waals surface area (Å²) in [6.45, 7) is 0. The Morgan fingerprint density at radius 2 is 1.35 bits per heavy atom. The first-order chi connectivity index (χ1) is 9.72. The number of benzene rings is 2. The zero-order valence-corrected chi connectivity index (χ0v) is 10.8. The minimum atomic E-state index is 0.678. The monoisotopic (exact) mass is 262 g/mol. The van der Waals surface area contributed by atoms with E-state index in [1.807, 2.05) is 48.5 Å². The van der Waals surface area contributed by atoms with Crippen molar-refractivity contribution < 1.29 is 0 Å². The molecule has 98 valence electrons. The molecule has 0 atom stereocenters. The van der Waals surface area contributed by atoms with Crippen LogP contribution >= 0.6 is 0 Å². The highest BCUT2D eigenvalue weighted by atomic mass is 14.9. The molecule has 3 rings (SSSR count). The molecule has 3 aromatic rings. The maximum absolute atomic E-state index is 5.78. The lowest BCUT2D eigenvalue weighted by molar-refractivity contribution is 1.18. The zero-order valence-electron chi connectivity index (χ0n) is 10.8. The van der Waals surface area contributed by atoms with Crippen molar-refractivity contribution in [3.63, 3.8) is 0 Å². The van der Waals surface area contributed by atoms with Gasteiger partial charge in [0.25, 0.3) is 0 Å². The third-order valence-corrected chi connectivity index (χ3v) is 3.04. The Morgan fingerprint density at radius 3 is 2.00 bits per heavy atom. The first-order valence-corrected chi connectivity index (χ1v) is 6.26. The molecule has 20 heavy (non-hydrogen) atoms. The quantitative estimate of drug-likeness (QED) is 0.696. The van der Waals surface area contributed by atoms with E-state index < -0.39 is 0 Å². The number of hydrogen-bond acceptors (Lipinski definition) is 4. The van der Waals surface area contributed by atoms with Crippen LogP contribution in [0.2, 0.25) is 0 Å². The minimum Gasteiger partial charge on any atom is -0.399 e. The summed E-state index contributed by atoms with van der Waals surface area (Å²) in [5.74, 6) is 0.678. The Bertz CT molecular complexity index is 718. The minimum absolute atomic E-state index is 0.678. The summed E-state index contributed by atoms with van der Waals surface area (Å²) >= 11 is 0. The largest absolute Gasteiger partial charge is 0.399 e. The van der Waals surface area contributed by atoms with Crippen LogP contribution in [0, 0.1) is 0 Å². The van der Waals surface area contributed by atoms with Gasteiger partial charge in [-0.25, -0.2) is 9.97 Å². The van der Waals surface area contributed by atoms with E-state index in [0.717, 1.165) is 28.1 Å². The molecule has 0 fully saturated rings. The van der Waals surface area contributed by atoms with E-state index >= 15 is 0 Å². The number of anilines is 2. The van der Waals surface area contributed by atoms with Crippen LogP contribution in [0.4, 0.5) is 11.4 Å². The second-order valence-electron chi connectivity index (χ2n) is 4.54. The highest BCUT2D eigenvalue weighted by Crippen LogP contribution is 2.22. The van der Waals surface area contributed by atoms with Crippen molar-refractivity contribution in [3.05, 3.63) is 60.9 Å². The average molecular weight is 262 g/mol. The number of hydrogen-bond donors (Lipinski definition) is 2. The molecule has 0 saturated heterocycles. The molecule has 0 unspecified atom stereocenters. The number of nitrogens with zero attached hydrogens (tertiary/aromatic N) is 2. The number of rotatable bonds is 2. The molecule has 4 heteroatoms. The molecular formula is C16H14N4. The summed E-state index contributed by atoms with van der Waals surface area (Å²) in [5.41, 5.74) is 15.8. The Hall–Kier alpha value is -2.88.